The summed E-state index contributed by atoms with van der Waals surface area (Å²) >= 11 is 0. The Hall–Kier alpha value is -8.41. The topological polar surface area (TPSA) is 48.5 Å². The van der Waals surface area contributed by atoms with Gasteiger partial charge >= 0.3 is 0 Å². The Labute approximate surface area is 377 Å². The zero-order valence-corrected chi connectivity index (χ0v) is 33.8. The minimum Gasteiger partial charge on any atom is -0.307 e. The second-order valence-electron chi connectivity index (χ2n) is 15.4. The molecule has 0 saturated heterocycles. The van der Waals surface area contributed by atoms with Crippen LogP contribution in [0.25, 0.3) is 111 Å². The van der Waals surface area contributed by atoms with Crippen molar-refractivity contribution in [1.29, 1.82) is 0 Å². The quantitative estimate of drug-likeness (QED) is 0.161. The number of hydrogen-bond donors (Lipinski definition) is 0. The van der Waals surface area contributed by atoms with Gasteiger partial charge in [0, 0.05) is 38.4 Å². The summed E-state index contributed by atoms with van der Waals surface area (Å²) in [6, 6.07) is 49.8. The lowest BCUT2D eigenvalue weighted by Gasteiger charge is -2.17. The van der Waals surface area contributed by atoms with E-state index >= 15 is 0 Å². The van der Waals surface area contributed by atoms with E-state index in [1.54, 1.807) is 19.1 Å². The Bertz CT molecular complexity index is 4170. The standard InChI is InChI=1S/C58H39N5/c1-38-19-11-12-26-43(38)45-34-33-42(37-51(45)40-22-7-3-8-23-40)62-52-31-17-15-28-46(52)48-35-36-49-47-29-16-18-32-53(47)63(55(49)54(48)62)58-60-56(41-24-9-4-10-25-41)59-57(61-58)50-30-14-13-27-44(50)39-20-5-2-6-21-39/h2-37H,1H3/i3D,7D,8D,11D,12D,19D,22D,23D,26D. The third kappa shape index (κ3) is 6.05. The maximum atomic E-state index is 9.23. The van der Waals surface area contributed by atoms with Crippen LogP contribution in [-0.2, 0) is 0 Å². The lowest BCUT2D eigenvalue weighted by atomic mass is 9.91. The second-order valence-corrected chi connectivity index (χ2v) is 15.4. The summed E-state index contributed by atoms with van der Waals surface area (Å²) in [7, 11) is 0. The Morgan fingerprint density at radius 1 is 0.381 bits per heavy atom. The number of para-hydroxylation sites is 2. The molecule has 0 N–H and O–H groups in total. The fourth-order valence-electron chi connectivity index (χ4n) is 8.95. The molecule has 0 unspecified atom stereocenters. The smallest absolute Gasteiger partial charge is 0.238 e. The first kappa shape index (κ1) is 28.2. The van der Waals surface area contributed by atoms with E-state index < -0.39 is 42.3 Å². The molecule has 12 rings (SSSR count). The highest BCUT2D eigenvalue weighted by Gasteiger charge is 2.24. The van der Waals surface area contributed by atoms with E-state index in [0.29, 0.717) is 23.3 Å². The van der Waals surface area contributed by atoms with Crippen molar-refractivity contribution in [2.45, 2.75) is 6.92 Å². The van der Waals surface area contributed by atoms with Gasteiger partial charge in [0.25, 0.3) is 0 Å². The van der Waals surface area contributed by atoms with Crippen LogP contribution in [0.4, 0.5) is 0 Å². The van der Waals surface area contributed by atoms with Gasteiger partial charge < -0.3 is 4.57 Å². The number of aromatic nitrogens is 5. The number of nitrogens with zero attached hydrogens (tertiary/aromatic N) is 5. The predicted octanol–water partition coefficient (Wildman–Crippen LogP) is 14.7. The number of rotatable bonds is 7. The number of hydrogen-bond acceptors (Lipinski definition) is 3. The molecule has 3 aromatic heterocycles. The van der Waals surface area contributed by atoms with Crippen molar-refractivity contribution in [1.82, 2.24) is 24.1 Å². The summed E-state index contributed by atoms with van der Waals surface area (Å²) in [5.41, 5.74) is 8.15. The van der Waals surface area contributed by atoms with E-state index in [9.17, 15) is 2.74 Å². The van der Waals surface area contributed by atoms with E-state index in [4.69, 9.17) is 24.5 Å². The van der Waals surface area contributed by atoms with Crippen molar-refractivity contribution in [3.05, 3.63) is 224 Å². The molecule has 0 amide bonds. The Morgan fingerprint density at radius 3 is 1.68 bits per heavy atom. The van der Waals surface area contributed by atoms with Gasteiger partial charge in [0.15, 0.2) is 11.6 Å². The Morgan fingerprint density at radius 2 is 0.952 bits per heavy atom. The van der Waals surface area contributed by atoms with Crippen molar-refractivity contribution in [3.8, 4) is 67.8 Å². The van der Waals surface area contributed by atoms with Crippen molar-refractivity contribution in [2.24, 2.45) is 0 Å². The summed E-state index contributed by atoms with van der Waals surface area (Å²) in [6.45, 7) is 1.60. The monoisotopic (exact) mass is 814 g/mol. The Balaban J connectivity index is 1.22. The molecule has 296 valence electrons. The zero-order valence-electron chi connectivity index (χ0n) is 42.8. The minimum absolute atomic E-state index is 0.105. The normalized spacial score (nSPS) is 13.6. The van der Waals surface area contributed by atoms with Crippen LogP contribution in [0.1, 0.15) is 17.9 Å². The Kier molecular flexibility index (Phi) is 6.68. The molecule has 0 radical (unpaired) electrons. The molecule has 5 nitrogen and oxygen atoms in total. The van der Waals surface area contributed by atoms with Crippen molar-refractivity contribution in [3.63, 3.8) is 0 Å². The van der Waals surface area contributed by atoms with E-state index in [1.165, 1.54) is 0 Å². The molecule has 63 heavy (non-hydrogen) atoms. The van der Waals surface area contributed by atoms with Crippen molar-refractivity contribution < 1.29 is 12.3 Å². The first-order valence-electron chi connectivity index (χ1n) is 25.1. The van der Waals surface area contributed by atoms with Crippen LogP contribution >= 0.6 is 0 Å². The highest BCUT2D eigenvalue weighted by Crippen LogP contribution is 2.43. The fraction of sp³-hybridized carbons (Fsp3) is 0.0172. The van der Waals surface area contributed by atoms with Gasteiger partial charge in [-0.1, -0.05) is 194 Å². The van der Waals surface area contributed by atoms with Gasteiger partial charge in [-0.25, -0.2) is 4.98 Å². The molecule has 0 spiro atoms. The summed E-state index contributed by atoms with van der Waals surface area (Å²) < 4.78 is 83.6. The molecule has 0 aliphatic heterocycles. The number of benzene rings is 9. The van der Waals surface area contributed by atoms with Crippen LogP contribution in [0.5, 0.6) is 0 Å². The van der Waals surface area contributed by atoms with Gasteiger partial charge in [0.05, 0.1) is 34.4 Å². The molecule has 12 aromatic rings. The summed E-state index contributed by atoms with van der Waals surface area (Å²) in [5.74, 6) is 1.33. The molecule has 0 bridgehead atoms. The number of fused-ring (bicyclic) bond motifs is 7. The van der Waals surface area contributed by atoms with E-state index in [2.05, 4.69) is 51.6 Å². The summed E-state index contributed by atoms with van der Waals surface area (Å²) in [5, 5.41) is 3.68. The van der Waals surface area contributed by atoms with Gasteiger partial charge in [-0.3, -0.25) is 4.57 Å². The molecule has 3 heterocycles. The fourth-order valence-corrected chi connectivity index (χ4v) is 8.95. The zero-order chi connectivity index (χ0) is 49.7. The van der Waals surface area contributed by atoms with Gasteiger partial charge in [-0.15, -0.1) is 0 Å². The second kappa shape index (κ2) is 14.9. The van der Waals surface area contributed by atoms with E-state index in [-0.39, 0.29) is 39.9 Å². The van der Waals surface area contributed by atoms with Crippen molar-refractivity contribution >= 4 is 43.6 Å². The minimum atomic E-state index is -0.553. The molecule has 9 aromatic carbocycles. The summed E-state index contributed by atoms with van der Waals surface area (Å²) in [4.78, 5) is 15.8. The van der Waals surface area contributed by atoms with E-state index in [1.807, 2.05) is 109 Å². The molecule has 0 saturated carbocycles. The summed E-state index contributed by atoms with van der Waals surface area (Å²) in [6.07, 6.45) is 0. The van der Waals surface area contributed by atoms with Crippen LogP contribution in [0, 0.1) is 6.92 Å². The predicted molar refractivity (Wildman–Crippen MR) is 260 cm³/mol. The average molecular weight is 815 g/mol. The third-order valence-corrected chi connectivity index (χ3v) is 11.8. The first-order chi connectivity index (χ1) is 34.9. The van der Waals surface area contributed by atoms with Crippen LogP contribution in [-0.4, -0.2) is 24.1 Å². The maximum absolute atomic E-state index is 9.23. The lowest BCUT2D eigenvalue weighted by Crippen LogP contribution is -2.07. The molecule has 0 aliphatic carbocycles. The molecule has 0 fully saturated rings. The third-order valence-electron chi connectivity index (χ3n) is 11.8. The van der Waals surface area contributed by atoms with Gasteiger partial charge in [-0.2, -0.15) is 9.97 Å². The highest BCUT2D eigenvalue weighted by molar-refractivity contribution is 6.23. The van der Waals surface area contributed by atoms with Crippen molar-refractivity contribution in [2.75, 3.05) is 0 Å². The molecular weight excluding hydrogens is 767 g/mol. The average Bonchev–Trinajstić information content (AvgIpc) is 3.95. The molecular formula is C58H39N5. The van der Waals surface area contributed by atoms with Gasteiger partial charge in [0.2, 0.25) is 5.95 Å². The molecule has 5 heteroatoms. The van der Waals surface area contributed by atoms with Gasteiger partial charge in [0.1, 0.15) is 0 Å². The van der Waals surface area contributed by atoms with Crippen LogP contribution in [0.15, 0.2) is 218 Å². The van der Waals surface area contributed by atoms with Crippen LogP contribution < -0.4 is 0 Å². The highest BCUT2D eigenvalue weighted by atomic mass is 15.2. The van der Waals surface area contributed by atoms with Crippen LogP contribution in [0.2, 0.25) is 0 Å². The maximum Gasteiger partial charge on any atom is 0.238 e. The van der Waals surface area contributed by atoms with Gasteiger partial charge in [-0.05, 0) is 70.1 Å². The largest absolute Gasteiger partial charge is 0.307 e. The SMILES string of the molecule is [2H]c1c([2H])c([2H])c(-c2cc(-n3c4ccccc4c4ccc5c6ccccc6n(-c6nc(-c7ccccc7)nc(-c7ccccc7-c7ccccc7)n6)c5c43)ccc2-c2c([2H])c([2H])c([2H])c([2H])c2C)c([2H])c1[2H]. The molecule has 0 atom stereocenters. The molecule has 0 aliphatic rings. The van der Waals surface area contributed by atoms with Crippen LogP contribution in [0.3, 0.4) is 0 Å². The van der Waals surface area contributed by atoms with E-state index in [0.717, 1.165) is 65.9 Å². The lowest BCUT2D eigenvalue weighted by molar-refractivity contribution is 0.953. The first-order valence-corrected chi connectivity index (χ1v) is 20.6.